The Hall–Kier alpha value is -2.04. The maximum absolute atomic E-state index is 11.9. The second-order valence-corrected chi connectivity index (χ2v) is 3.65. The van der Waals surface area contributed by atoms with E-state index >= 15 is 0 Å². The van der Waals surface area contributed by atoms with E-state index in [0.29, 0.717) is 17.8 Å². The van der Waals surface area contributed by atoms with Crippen molar-refractivity contribution in [3.05, 3.63) is 29.3 Å². The molecule has 0 spiro atoms. The van der Waals surface area contributed by atoms with Gasteiger partial charge in [0, 0.05) is 17.8 Å². The fourth-order valence-corrected chi connectivity index (χ4v) is 1.73. The van der Waals surface area contributed by atoms with Crippen LogP contribution in [0.25, 0.3) is 0 Å². The van der Waals surface area contributed by atoms with Crippen molar-refractivity contribution in [2.45, 2.75) is 6.54 Å². The molecule has 1 aliphatic heterocycles. The molecule has 1 aliphatic rings. The van der Waals surface area contributed by atoms with Gasteiger partial charge < -0.3 is 15.4 Å². The first-order valence-corrected chi connectivity index (χ1v) is 4.86. The summed E-state index contributed by atoms with van der Waals surface area (Å²) >= 11 is 0. The molecule has 0 bridgehead atoms. The van der Waals surface area contributed by atoms with Crippen LogP contribution in [0.15, 0.2) is 18.2 Å². The zero-order chi connectivity index (χ0) is 11.7. The first-order valence-electron chi connectivity index (χ1n) is 4.86. The van der Waals surface area contributed by atoms with Gasteiger partial charge in [-0.25, -0.2) is 0 Å². The Morgan fingerprint density at radius 1 is 1.56 bits per heavy atom. The number of hydrogen-bond acceptors (Lipinski definition) is 4. The van der Waals surface area contributed by atoms with Crippen molar-refractivity contribution in [2.24, 2.45) is 0 Å². The van der Waals surface area contributed by atoms with Crippen LogP contribution in [-0.2, 0) is 16.1 Å². The molecule has 2 rings (SSSR count). The second-order valence-electron chi connectivity index (χ2n) is 3.65. The van der Waals surface area contributed by atoms with E-state index in [-0.39, 0.29) is 12.5 Å². The topological polar surface area (TPSA) is 72.6 Å². The van der Waals surface area contributed by atoms with E-state index in [9.17, 15) is 9.59 Å². The molecule has 1 heterocycles. The highest BCUT2D eigenvalue weighted by atomic mass is 16.5. The lowest BCUT2D eigenvalue weighted by atomic mass is 10.1. The molecule has 0 saturated carbocycles. The average Bonchev–Trinajstić information content (AvgIpc) is 2.56. The normalized spacial score (nSPS) is 13.8. The Kier molecular flexibility index (Phi) is 2.52. The van der Waals surface area contributed by atoms with Crippen molar-refractivity contribution in [1.82, 2.24) is 4.90 Å². The summed E-state index contributed by atoms with van der Waals surface area (Å²) in [5.41, 5.74) is 7.62. The highest BCUT2D eigenvalue weighted by Crippen LogP contribution is 2.24. The van der Waals surface area contributed by atoms with E-state index in [1.807, 2.05) is 0 Å². The van der Waals surface area contributed by atoms with E-state index in [4.69, 9.17) is 5.73 Å². The maximum Gasteiger partial charge on any atom is 0.325 e. The molecule has 1 amide bonds. The van der Waals surface area contributed by atoms with Gasteiger partial charge in [-0.2, -0.15) is 0 Å². The molecule has 84 valence electrons. The summed E-state index contributed by atoms with van der Waals surface area (Å²) in [5.74, 6) is -0.596. The molecule has 2 N–H and O–H groups in total. The maximum atomic E-state index is 11.9. The van der Waals surface area contributed by atoms with E-state index in [2.05, 4.69) is 4.74 Å². The smallest absolute Gasteiger partial charge is 0.325 e. The Labute approximate surface area is 92.8 Å². The second kappa shape index (κ2) is 3.84. The number of benzene rings is 1. The van der Waals surface area contributed by atoms with Crippen LogP contribution in [0.1, 0.15) is 15.9 Å². The molecular formula is C11H12N2O3. The number of amides is 1. The molecule has 0 aromatic heterocycles. The summed E-state index contributed by atoms with van der Waals surface area (Å²) in [7, 11) is 1.30. The SMILES string of the molecule is COC(=O)CN1Cc2ccc(N)cc2C1=O. The molecule has 0 aliphatic carbocycles. The Morgan fingerprint density at radius 3 is 3.00 bits per heavy atom. The number of nitrogens with two attached hydrogens (primary N) is 1. The van der Waals surface area contributed by atoms with Crippen molar-refractivity contribution >= 4 is 17.6 Å². The van der Waals surface area contributed by atoms with Crippen LogP contribution in [0, 0.1) is 0 Å². The lowest BCUT2D eigenvalue weighted by Gasteiger charge is -2.12. The Bertz CT molecular complexity index is 457. The average molecular weight is 220 g/mol. The van der Waals surface area contributed by atoms with Gasteiger partial charge in [-0.05, 0) is 17.7 Å². The zero-order valence-corrected chi connectivity index (χ0v) is 8.90. The summed E-state index contributed by atoms with van der Waals surface area (Å²) in [4.78, 5) is 24.4. The zero-order valence-electron chi connectivity index (χ0n) is 8.90. The van der Waals surface area contributed by atoms with Gasteiger partial charge >= 0.3 is 5.97 Å². The molecule has 0 radical (unpaired) electrons. The van der Waals surface area contributed by atoms with Crippen LogP contribution in [0.5, 0.6) is 0 Å². The standard InChI is InChI=1S/C11H12N2O3/c1-16-10(14)6-13-5-7-2-3-8(12)4-9(7)11(13)15/h2-4H,5-6,12H2,1H3. The third-order valence-corrected chi connectivity index (χ3v) is 2.56. The van der Waals surface area contributed by atoms with Gasteiger partial charge in [-0.1, -0.05) is 6.07 Å². The predicted octanol–water partition coefficient (Wildman–Crippen LogP) is 0.398. The van der Waals surface area contributed by atoms with E-state index < -0.39 is 5.97 Å². The monoisotopic (exact) mass is 220 g/mol. The quantitative estimate of drug-likeness (QED) is 0.578. The molecule has 16 heavy (non-hydrogen) atoms. The summed E-state index contributed by atoms with van der Waals surface area (Å²) in [6, 6.07) is 5.18. The number of rotatable bonds is 2. The minimum atomic E-state index is -0.422. The van der Waals surface area contributed by atoms with E-state index in [1.165, 1.54) is 12.0 Å². The van der Waals surface area contributed by atoms with Crippen LogP contribution < -0.4 is 5.73 Å². The number of hydrogen-bond donors (Lipinski definition) is 1. The number of nitrogen functional groups attached to an aromatic ring is 1. The van der Waals surface area contributed by atoms with Gasteiger partial charge in [-0.15, -0.1) is 0 Å². The van der Waals surface area contributed by atoms with Crippen LogP contribution in [0.4, 0.5) is 5.69 Å². The Morgan fingerprint density at radius 2 is 2.31 bits per heavy atom. The fourth-order valence-electron chi connectivity index (χ4n) is 1.73. The van der Waals surface area contributed by atoms with Gasteiger partial charge in [0.25, 0.3) is 5.91 Å². The van der Waals surface area contributed by atoms with Crippen molar-refractivity contribution < 1.29 is 14.3 Å². The van der Waals surface area contributed by atoms with Gasteiger partial charge in [0.05, 0.1) is 7.11 Å². The molecule has 0 fully saturated rings. The highest BCUT2D eigenvalue weighted by Gasteiger charge is 2.28. The number of esters is 1. The Balaban J connectivity index is 2.21. The number of fused-ring (bicyclic) bond motifs is 1. The van der Waals surface area contributed by atoms with Gasteiger partial charge in [0.2, 0.25) is 0 Å². The van der Waals surface area contributed by atoms with Crippen LogP contribution in [-0.4, -0.2) is 30.4 Å². The molecule has 5 nitrogen and oxygen atoms in total. The first kappa shape index (κ1) is 10.5. The lowest BCUT2D eigenvalue weighted by Crippen LogP contribution is -2.30. The number of ether oxygens (including phenoxy) is 1. The summed E-state index contributed by atoms with van der Waals surface area (Å²) < 4.78 is 4.53. The number of carbonyl (C=O) groups excluding carboxylic acids is 2. The van der Waals surface area contributed by atoms with Gasteiger partial charge in [-0.3, -0.25) is 9.59 Å². The minimum absolute atomic E-state index is 0.0239. The third kappa shape index (κ3) is 1.71. The first-order chi connectivity index (χ1) is 7.61. The summed E-state index contributed by atoms with van der Waals surface area (Å²) in [6.45, 7) is 0.410. The fraction of sp³-hybridized carbons (Fsp3) is 0.273. The van der Waals surface area contributed by atoms with Crippen molar-refractivity contribution in [2.75, 3.05) is 19.4 Å². The van der Waals surface area contributed by atoms with Crippen LogP contribution in [0.2, 0.25) is 0 Å². The van der Waals surface area contributed by atoms with Crippen molar-refractivity contribution in [1.29, 1.82) is 0 Å². The summed E-state index contributed by atoms with van der Waals surface area (Å²) in [5, 5.41) is 0. The number of methoxy groups -OCH3 is 1. The number of anilines is 1. The third-order valence-electron chi connectivity index (χ3n) is 2.56. The molecule has 1 aromatic rings. The molecule has 1 aromatic carbocycles. The van der Waals surface area contributed by atoms with E-state index in [0.717, 1.165) is 5.56 Å². The minimum Gasteiger partial charge on any atom is -0.468 e. The van der Waals surface area contributed by atoms with Gasteiger partial charge in [0.1, 0.15) is 6.54 Å². The summed E-state index contributed by atoms with van der Waals surface area (Å²) in [6.07, 6.45) is 0. The molecule has 0 unspecified atom stereocenters. The molecular weight excluding hydrogens is 208 g/mol. The largest absolute Gasteiger partial charge is 0.468 e. The van der Waals surface area contributed by atoms with E-state index in [1.54, 1.807) is 18.2 Å². The molecule has 5 heteroatoms. The van der Waals surface area contributed by atoms with Gasteiger partial charge in [0.15, 0.2) is 0 Å². The van der Waals surface area contributed by atoms with Crippen LogP contribution in [0.3, 0.4) is 0 Å². The number of carbonyl (C=O) groups is 2. The van der Waals surface area contributed by atoms with Crippen LogP contribution >= 0.6 is 0 Å². The predicted molar refractivity (Wildman–Crippen MR) is 57.6 cm³/mol. The number of nitrogens with zero attached hydrogens (tertiary/aromatic N) is 1. The lowest BCUT2D eigenvalue weighted by molar-refractivity contribution is -0.141. The van der Waals surface area contributed by atoms with Crippen molar-refractivity contribution in [3.8, 4) is 0 Å². The highest BCUT2D eigenvalue weighted by molar-refractivity contribution is 6.00. The molecule has 0 saturated heterocycles. The van der Waals surface area contributed by atoms with Crippen molar-refractivity contribution in [3.63, 3.8) is 0 Å². The molecule has 0 atom stereocenters.